The molecule has 1 aromatic carbocycles. The summed E-state index contributed by atoms with van der Waals surface area (Å²) in [6.45, 7) is 7.15. The van der Waals surface area contributed by atoms with E-state index in [0.717, 1.165) is 17.3 Å². The van der Waals surface area contributed by atoms with E-state index in [1.54, 1.807) is 22.5 Å². The Morgan fingerprint density at radius 2 is 1.75 bits per heavy atom. The van der Waals surface area contributed by atoms with Gasteiger partial charge in [0.15, 0.2) is 0 Å². The minimum absolute atomic E-state index is 0.327. The van der Waals surface area contributed by atoms with Crippen LogP contribution in [0.3, 0.4) is 0 Å². The van der Waals surface area contributed by atoms with E-state index in [-0.39, 0.29) is 0 Å². The van der Waals surface area contributed by atoms with Gasteiger partial charge >= 0.3 is 0 Å². The minimum Gasteiger partial charge on any atom is -0.207 e. The number of hydrogen-bond donors (Lipinski definition) is 0. The second-order valence-corrected chi connectivity index (χ2v) is 8.39. The van der Waals surface area contributed by atoms with Crippen molar-refractivity contribution >= 4 is 41.9 Å². The molecule has 0 N–H and O–H groups in total. The summed E-state index contributed by atoms with van der Waals surface area (Å²) >= 11 is 6.69. The Labute approximate surface area is 139 Å². The molecule has 0 spiro atoms. The third-order valence-corrected chi connectivity index (χ3v) is 6.89. The van der Waals surface area contributed by atoms with Gasteiger partial charge < -0.3 is 0 Å². The average Bonchev–Trinajstić information content (AvgIpc) is 2.39. The maximum absolute atomic E-state index is 12.7. The quantitative estimate of drug-likeness (QED) is 0.635. The monoisotopic (exact) mass is 425 g/mol. The van der Waals surface area contributed by atoms with Crippen LogP contribution < -0.4 is 0 Å². The van der Waals surface area contributed by atoms with Gasteiger partial charge in [0.05, 0.1) is 4.90 Å². The SMILES string of the molecule is CCC(CC)CN(CC)S(=O)(=O)c1ccc(Br)cc1Br. The number of rotatable bonds is 7. The summed E-state index contributed by atoms with van der Waals surface area (Å²) in [5, 5.41) is 0. The second kappa shape index (κ2) is 7.92. The molecule has 0 aliphatic carbocycles. The van der Waals surface area contributed by atoms with E-state index in [1.807, 2.05) is 6.92 Å². The molecule has 0 aromatic heterocycles. The first-order chi connectivity index (χ1) is 9.36. The highest BCUT2D eigenvalue weighted by Gasteiger charge is 2.26. The lowest BCUT2D eigenvalue weighted by Crippen LogP contribution is -2.35. The van der Waals surface area contributed by atoms with Crippen molar-refractivity contribution in [1.82, 2.24) is 4.31 Å². The van der Waals surface area contributed by atoms with Gasteiger partial charge in [0, 0.05) is 22.0 Å². The van der Waals surface area contributed by atoms with Crippen molar-refractivity contribution in [3.8, 4) is 0 Å². The van der Waals surface area contributed by atoms with Crippen LogP contribution in [0.2, 0.25) is 0 Å². The Balaban J connectivity index is 3.11. The largest absolute Gasteiger partial charge is 0.244 e. The molecule has 0 heterocycles. The Kier molecular flexibility index (Phi) is 7.18. The van der Waals surface area contributed by atoms with Crippen molar-refractivity contribution in [2.75, 3.05) is 13.1 Å². The fourth-order valence-corrected chi connectivity index (χ4v) is 5.29. The number of sulfonamides is 1. The second-order valence-electron chi connectivity index (χ2n) is 4.71. The van der Waals surface area contributed by atoms with Crippen molar-refractivity contribution in [1.29, 1.82) is 0 Å². The highest BCUT2D eigenvalue weighted by atomic mass is 79.9. The molecule has 0 radical (unpaired) electrons. The van der Waals surface area contributed by atoms with E-state index in [4.69, 9.17) is 0 Å². The third kappa shape index (κ3) is 4.29. The van der Waals surface area contributed by atoms with Gasteiger partial charge in [0.25, 0.3) is 0 Å². The van der Waals surface area contributed by atoms with Gasteiger partial charge in [-0.1, -0.05) is 49.5 Å². The minimum atomic E-state index is -3.45. The summed E-state index contributed by atoms with van der Waals surface area (Å²) in [6.07, 6.45) is 1.98. The Morgan fingerprint density at radius 3 is 2.20 bits per heavy atom. The summed E-state index contributed by atoms with van der Waals surface area (Å²) in [4.78, 5) is 0.327. The zero-order valence-corrected chi connectivity index (χ0v) is 16.1. The summed E-state index contributed by atoms with van der Waals surface area (Å²) < 4.78 is 28.5. The maximum Gasteiger partial charge on any atom is 0.244 e. The van der Waals surface area contributed by atoms with E-state index in [2.05, 4.69) is 45.7 Å². The van der Waals surface area contributed by atoms with Crippen molar-refractivity contribution < 1.29 is 8.42 Å². The fourth-order valence-electron chi connectivity index (χ4n) is 2.06. The number of benzene rings is 1. The van der Waals surface area contributed by atoms with Crippen molar-refractivity contribution in [3.05, 3.63) is 27.1 Å². The van der Waals surface area contributed by atoms with Crippen LogP contribution in [0.1, 0.15) is 33.6 Å². The lowest BCUT2D eigenvalue weighted by atomic mass is 10.0. The van der Waals surface area contributed by atoms with Crippen LogP contribution in [-0.2, 0) is 10.0 Å². The van der Waals surface area contributed by atoms with Gasteiger partial charge in [-0.2, -0.15) is 4.31 Å². The van der Waals surface area contributed by atoms with Gasteiger partial charge in [-0.3, -0.25) is 0 Å². The van der Waals surface area contributed by atoms with E-state index >= 15 is 0 Å². The maximum atomic E-state index is 12.7. The van der Waals surface area contributed by atoms with Gasteiger partial charge in [-0.05, 0) is 40.0 Å². The van der Waals surface area contributed by atoms with Crippen molar-refractivity contribution in [2.45, 2.75) is 38.5 Å². The standard InChI is InChI=1S/C14H21Br2NO2S/c1-4-11(5-2)10-17(6-3)20(18,19)14-8-7-12(15)9-13(14)16/h7-9,11H,4-6,10H2,1-3H3. The Bertz CT molecular complexity index is 542. The van der Waals surface area contributed by atoms with Crippen LogP contribution in [-0.4, -0.2) is 25.8 Å². The molecule has 1 rings (SSSR count). The van der Waals surface area contributed by atoms with Crippen LogP contribution in [0.15, 0.2) is 32.0 Å². The van der Waals surface area contributed by atoms with E-state index in [1.165, 1.54) is 0 Å². The zero-order chi connectivity index (χ0) is 15.3. The zero-order valence-electron chi connectivity index (χ0n) is 12.1. The first kappa shape index (κ1) is 18.1. The molecule has 0 saturated carbocycles. The Morgan fingerprint density at radius 1 is 1.15 bits per heavy atom. The molecule has 0 unspecified atom stereocenters. The molecular formula is C14H21Br2NO2S. The molecule has 114 valence electrons. The molecule has 3 nitrogen and oxygen atoms in total. The van der Waals surface area contributed by atoms with E-state index in [0.29, 0.717) is 28.4 Å². The molecule has 0 aliphatic heterocycles. The van der Waals surface area contributed by atoms with Gasteiger partial charge in [0.2, 0.25) is 10.0 Å². The normalized spacial score (nSPS) is 12.3. The van der Waals surface area contributed by atoms with Gasteiger partial charge in [-0.25, -0.2) is 8.42 Å². The van der Waals surface area contributed by atoms with Crippen LogP contribution in [0.5, 0.6) is 0 Å². The first-order valence-corrected chi connectivity index (χ1v) is 9.84. The molecule has 0 saturated heterocycles. The molecule has 20 heavy (non-hydrogen) atoms. The lowest BCUT2D eigenvalue weighted by Gasteiger charge is -2.25. The van der Waals surface area contributed by atoms with Crippen LogP contribution in [0.4, 0.5) is 0 Å². The predicted octanol–water partition coefficient (Wildman–Crippen LogP) is 4.66. The summed E-state index contributed by atoms with van der Waals surface area (Å²) in [7, 11) is -3.45. The van der Waals surface area contributed by atoms with Crippen LogP contribution >= 0.6 is 31.9 Å². The summed E-state index contributed by atoms with van der Waals surface area (Å²) in [6, 6.07) is 5.15. The molecule has 1 aromatic rings. The summed E-state index contributed by atoms with van der Waals surface area (Å²) in [5.41, 5.74) is 0. The number of hydrogen-bond acceptors (Lipinski definition) is 2. The predicted molar refractivity (Wildman–Crippen MR) is 90.3 cm³/mol. The highest BCUT2D eigenvalue weighted by molar-refractivity contribution is 9.11. The molecule has 6 heteroatoms. The molecule has 0 aliphatic rings. The first-order valence-electron chi connectivity index (χ1n) is 6.81. The molecule has 0 atom stereocenters. The number of halogens is 2. The van der Waals surface area contributed by atoms with E-state index < -0.39 is 10.0 Å². The van der Waals surface area contributed by atoms with Crippen molar-refractivity contribution in [2.24, 2.45) is 5.92 Å². The molecular weight excluding hydrogens is 406 g/mol. The lowest BCUT2D eigenvalue weighted by molar-refractivity contribution is 0.339. The van der Waals surface area contributed by atoms with Gasteiger partial charge in [-0.15, -0.1) is 0 Å². The van der Waals surface area contributed by atoms with Gasteiger partial charge in [0.1, 0.15) is 0 Å². The van der Waals surface area contributed by atoms with E-state index in [9.17, 15) is 8.42 Å². The Hall–Kier alpha value is 0.0900. The van der Waals surface area contributed by atoms with Crippen LogP contribution in [0, 0.1) is 5.92 Å². The fraction of sp³-hybridized carbons (Fsp3) is 0.571. The summed E-state index contributed by atoms with van der Waals surface area (Å²) in [5.74, 6) is 0.402. The highest BCUT2D eigenvalue weighted by Crippen LogP contribution is 2.28. The molecule has 0 amide bonds. The molecule has 0 bridgehead atoms. The van der Waals surface area contributed by atoms with Crippen molar-refractivity contribution in [3.63, 3.8) is 0 Å². The topological polar surface area (TPSA) is 37.4 Å². The third-order valence-electron chi connectivity index (χ3n) is 3.48. The molecule has 0 fully saturated rings. The number of nitrogens with zero attached hydrogens (tertiary/aromatic N) is 1. The van der Waals surface area contributed by atoms with Crippen LogP contribution in [0.25, 0.3) is 0 Å². The average molecular weight is 427 g/mol. The smallest absolute Gasteiger partial charge is 0.207 e.